The van der Waals surface area contributed by atoms with Crippen LogP contribution in [0, 0.1) is 11.3 Å². The summed E-state index contributed by atoms with van der Waals surface area (Å²) in [7, 11) is -4.06. The number of fused-ring (bicyclic) bond motifs is 1. The second-order valence-electron chi connectivity index (χ2n) is 7.36. The Hall–Kier alpha value is -3.83. The minimum atomic E-state index is -4.06. The van der Waals surface area contributed by atoms with Gasteiger partial charge in [-0.15, -0.1) is 0 Å². The number of hydrogen-bond acceptors (Lipinski definition) is 5. The third-order valence-corrected chi connectivity index (χ3v) is 6.76. The van der Waals surface area contributed by atoms with Crippen LogP contribution in [0.5, 0.6) is 5.75 Å². The normalized spacial score (nSPS) is 11.6. The number of carbonyl (C=O) groups is 1. The quantitative estimate of drug-likeness (QED) is 0.178. The number of benzene rings is 4. The first-order valence-electron chi connectivity index (χ1n) is 10.2. The fourth-order valence-electron chi connectivity index (χ4n) is 3.22. The zero-order chi connectivity index (χ0) is 25.0. The predicted molar refractivity (Wildman–Crippen MR) is 137 cm³/mol. The smallest absolute Gasteiger partial charge is 0.339 e. The molecule has 0 aliphatic heterocycles. The Morgan fingerprint density at radius 3 is 2.34 bits per heavy atom. The second-order valence-corrected chi connectivity index (χ2v) is 9.75. The molecule has 4 aromatic rings. The Labute approximate surface area is 212 Å². The Morgan fingerprint density at radius 1 is 0.914 bits per heavy atom. The molecule has 0 fully saturated rings. The molecule has 0 spiro atoms. The Morgan fingerprint density at radius 2 is 1.63 bits per heavy atom. The zero-order valence-corrected chi connectivity index (χ0v) is 20.2. The number of halogens is 2. The predicted octanol–water partition coefficient (Wildman–Crippen LogP) is 6.46. The molecule has 0 heterocycles. The highest BCUT2D eigenvalue weighted by atomic mass is 35.5. The monoisotopic (exact) mass is 522 g/mol. The molecule has 0 radical (unpaired) electrons. The van der Waals surface area contributed by atoms with Crippen molar-refractivity contribution in [3.05, 3.63) is 106 Å². The van der Waals surface area contributed by atoms with Crippen LogP contribution in [0.25, 0.3) is 16.8 Å². The van der Waals surface area contributed by atoms with Crippen molar-refractivity contribution in [3.8, 4) is 11.8 Å². The lowest BCUT2D eigenvalue weighted by Gasteiger charge is -2.09. The van der Waals surface area contributed by atoms with Crippen LogP contribution in [0.2, 0.25) is 10.0 Å². The van der Waals surface area contributed by atoms with Gasteiger partial charge in [0.15, 0.2) is 0 Å². The fraction of sp³-hybridized carbons (Fsp3) is 0. The number of amides is 1. The van der Waals surface area contributed by atoms with Gasteiger partial charge in [-0.05, 0) is 64.9 Å². The lowest BCUT2D eigenvalue weighted by molar-refractivity contribution is -0.112. The van der Waals surface area contributed by atoms with Crippen molar-refractivity contribution in [2.24, 2.45) is 0 Å². The van der Waals surface area contributed by atoms with E-state index in [1.807, 2.05) is 30.3 Å². The average molecular weight is 523 g/mol. The van der Waals surface area contributed by atoms with Crippen LogP contribution in [0.4, 0.5) is 5.69 Å². The summed E-state index contributed by atoms with van der Waals surface area (Å²) in [4.78, 5) is 12.5. The summed E-state index contributed by atoms with van der Waals surface area (Å²) in [5.41, 5.74) is 0.579. The molecule has 6 nitrogen and oxygen atoms in total. The molecule has 0 unspecified atom stereocenters. The minimum Gasteiger partial charge on any atom is -0.379 e. The highest BCUT2D eigenvalue weighted by Gasteiger charge is 2.17. The van der Waals surface area contributed by atoms with E-state index in [2.05, 4.69) is 5.32 Å². The van der Waals surface area contributed by atoms with Crippen LogP contribution in [-0.4, -0.2) is 14.3 Å². The molecule has 0 aliphatic rings. The van der Waals surface area contributed by atoms with Crippen molar-refractivity contribution >= 4 is 61.8 Å². The van der Waals surface area contributed by atoms with Crippen molar-refractivity contribution in [1.82, 2.24) is 0 Å². The number of nitrogens with zero attached hydrogens (tertiary/aromatic N) is 1. The van der Waals surface area contributed by atoms with Crippen LogP contribution in [-0.2, 0) is 14.9 Å². The van der Waals surface area contributed by atoms with Crippen LogP contribution in [0.3, 0.4) is 0 Å². The first kappa shape index (κ1) is 24.3. The number of carbonyl (C=O) groups excluding carboxylic acids is 1. The van der Waals surface area contributed by atoms with Gasteiger partial charge in [0.1, 0.15) is 22.3 Å². The number of nitriles is 1. The summed E-state index contributed by atoms with van der Waals surface area (Å²) >= 11 is 12.0. The van der Waals surface area contributed by atoms with Crippen molar-refractivity contribution in [1.29, 1.82) is 5.26 Å². The molecule has 4 aromatic carbocycles. The average Bonchev–Trinajstić information content (AvgIpc) is 2.85. The molecule has 9 heteroatoms. The summed E-state index contributed by atoms with van der Waals surface area (Å²) in [6.45, 7) is 0. The van der Waals surface area contributed by atoms with Crippen molar-refractivity contribution in [2.75, 3.05) is 5.32 Å². The van der Waals surface area contributed by atoms with Gasteiger partial charge in [0.2, 0.25) is 0 Å². The molecule has 35 heavy (non-hydrogen) atoms. The van der Waals surface area contributed by atoms with Crippen LogP contribution in [0.15, 0.2) is 95.4 Å². The maximum atomic E-state index is 12.7. The highest BCUT2D eigenvalue weighted by Crippen LogP contribution is 2.26. The minimum absolute atomic E-state index is 0.0308. The highest BCUT2D eigenvalue weighted by molar-refractivity contribution is 7.87. The standard InChI is InChI=1S/C26H16Cl2N2O4S/c27-21-8-12-24(28)25(15-21)30-26(31)20(16-29)13-17-5-9-22(10-6-17)34-35(32,33)23-11-7-18-3-1-2-4-19(18)14-23/h1-15H,(H,30,31)/b20-13-. The van der Waals surface area contributed by atoms with Crippen molar-refractivity contribution < 1.29 is 17.4 Å². The van der Waals surface area contributed by atoms with Gasteiger partial charge in [-0.3, -0.25) is 4.79 Å². The van der Waals surface area contributed by atoms with Crippen LogP contribution < -0.4 is 9.50 Å². The lowest BCUT2D eigenvalue weighted by atomic mass is 10.1. The summed E-state index contributed by atoms with van der Waals surface area (Å²) in [6, 6.07) is 24.5. The molecular weight excluding hydrogens is 507 g/mol. The van der Waals surface area contributed by atoms with Crippen LogP contribution in [0.1, 0.15) is 5.56 Å². The molecule has 1 amide bonds. The summed E-state index contributed by atoms with van der Waals surface area (Å²) in [5.74, 6) is -0.583. The number of anilines is 1. The first-order valence-corrected chi connectivity index (χ1v) is 12.3. The molecule has 0 aliphatic carbocycles. The molecule has 0 saturated heterocycles. The summed E-state index contributed by atoms with van der Waals surface area (Å²) < 4.78 is 30.7. The van der Waals surface area contributed by atoms with E-state index in [4.69, 9.17) is 27.4 Å². The molecule has 0 bridgehead atoms. The SMILES string of the molecule is N#C/C(=C/c1ccc(OS(=O)(=O)c2ccc3ccccc3c2)cc1)C(=O)Nc1cc(Cl)ccc1Cl. The van der Waals surface area contributed by atoms with E-state index in [1.54, 1.807) is 18.2 Å². The van der Waals surface area contributed by atoms with E-state index in [0.717, 1.165) is 10.8 Å². The third kappa shape index (κ3) is 5.81. The summed E-state index contributed by atoms with van der Waals surface area (Å²) in [5, 5.41) is 14.3. The van der Waals surface area contributed by atoms with Gasteiger partial charge >= 0.3 is 10.1 Å². The number of rotatable bonds is 6. The lowest BCUT2D eigenvalue weighted by Crippen LogP contribution is -2.13. The van der Waals surface area contributed by atoms with Crippen molar-refractivity contribution in [3.63, 3.8) is 0 Å². The van der Waals surface area contributed by atoms with Gasteiger partial charge < -0.3 is 9.50 Å². The van der Waals surface area contributed by atoms with Gasteiger partial charge in [-0.1, -0.05) is 65.7 Å². The van der Waals surface area contributed by atoms with Gasteiger partial charge in [0, 0.05) is 5.02 Å². The van der Waals surface area contributed by atoms with Crippen molar-refractivity contribution in [2.45, 2.75) is 4.90 Å². The van der Waals surface area contributed by atoms with Gasteiger partial charge in [0.25, 0.3) is 5.91 Å². The van der Waals surface area contributed by atoms with E-state index < -0.39 is 16.0 Å². The Bertz CT molecular complexity index is 1610. The van der Waals surface area contributed by atoms with E-state index >= 15 is 0 Å². The summed E-state index contributed by atoms with van der Waals surface area (Å²) in [6.07, 6.45) is 1.36. The molecule has 0 atom stereocenters. The second kappa shape index (κ2) is 10.2. The third-order valence-electron chi connectivity index (χ3n) is 4.95. The number of nitrogens with one attached hydrogen (secondary N) is 1. The largest absolute Gasteiger partial charge is 0.379 e. The Balaban J connectivity index is 1.50. The molecule has 1 N–H and O–H groups in total. The number of hydrogen-bond donors (Lipinski definition) is 1. The maximum Gasteiger partial charge on any atom is 0.339 e. The maximum absolute atomic E-state index is 12.7. The van der Waals surface area contributed by atoms with Gasteiger partial charge in [0.05, 0.1) is 10.7 Å². The van der Waals surface area contributed by atoms with E-state index in [0.29, 0.717) is 10.6 Å². The molecular formula is C26H16Cl2N2O4S. The van der Waals surface area contributed by atoms with Gasteiger partial charge in [-0.2, -0.15) is 13.7 Å². The Kier molecular flexibility index (Phi) is 7.08. The molecule has 0 aromatic heterocycles. The topological polar surface area (TPSA) is 96.3 Å². The zero-order valence-electron chi connectivity index (χ0n) is 17.9. The van der Waals surface area contributed by atoms with E-state index in [-0.39, 0.29) is 26.9 Å². The molecule has 0 saturated carbocycles. The first-order chi connectivity index (χ1) is 16.7. The molecule has 4 rings (SSSR count). The van der Waals surface area contributed by atoms with Gasteiger partial charge in [-0.25, -0.2) is 0 Å². The van der Waals surface area contributed by atoms with Crippen LogP contribution >= 0.6 is 23.2 Å². The molecule has 174 valence electrons. The van der Waals surface area contributed by atoms with E-state index in [1.165, 1.54) is 48.5 Å². The van der Waals surface area contributed by atoms with E-state index in [9.17, 15) is 18.5 Å². The fourth-order valence-corrected chi connectivity index (χ4v) is 4.52.